The number of hydrogen-bond donors (Lipinski definition) is 2. The molecule has 1 saturated heterocycles. The van der Waals surface area contributed by atoms with E-state index in [9.17, 15) is 5.11 Å². The molecule has 2 N–H and O–H groups in total. The predicted molar refractivity (Wildman–Crippen MR) is 103 cm³/mol. The topological polar surface area (TPSA) is 44.7 Å². The first kappa shape index (κ1) is 17.8. The number of ether oxygens (including phenoxy) is 1. The van der Waals surface area contributed by atoms with E-state index in [0.717, 1.165) is 24.3 Å². The molecule has 2 aromatic carbocycles. The van der Waals surface area contributed by atoms with Gasteiger partial charge in [0, 0.05) is 19.1 Å². The maximum absolute atomic E-state index is 9.36. The molecule has 1 fully saturated rings. The van der Waals surface area contributed by atoms with Gasteiger partial charge in [-0.3, -0.25) is 0 Å². The van der Waals surface area contributed by atoms with Crippen molar-refractivity contribution in [2.45, 2.75) is 45.6 Å². The average molecular weight is 340 g/mol. The highest BCUT2D eigenvalue weighted by Gasteiger charge is 2.24. The van der Waals surface area contributed by atoms with Crippen LogP contribution in [0.15, 0.2) is 48.5 Å². The van der Waals surface area contributed by atoms with Gasteiger partial charge < -0.3 is 20.1 Å². The minimum Gasteiger partial charge on any atom is -0.392 e. The molecular formula is C21H28N2O2. The number of hydrogen-bond acceptors (Lipinski definition) is 4. The van der Waals surface area contributed by atoms with Crippen molar-refractivity contribution in [1.82, 2.24) is 0 Å². The fourth-order valence-electron chi connectivity index (χ4n) is 3.52. The Hall–Kier alpha value is -2.04. The van der Waals surface area contributed by atoms with Crippen LogP contribution in [-0.4, -0.2) is 30.4 Å². The molecule has 0 saturated carbocycles. The van der Waals surface area contributed by atoms with Crippen molar-refractivity contribution in [2.24, 2.45) is 0 Å². The van der Waals surface area contributed by atoms with Gasteiger partial charge in [0.2, 0.25) is 0 Å². The minimum atomic E-state index is 0.0701. The lowest BCUT2D eigenvalue weighted by atomic mass is 10.0. The van der Waals surface area contributed by atoms with E-state index in [-0.39, 0.29) is 24.9 Å². The zero-order valence-corrected chi connectivity index (χ0v) is 15.3. The second-order valence-corrected chi connectivity index (χ2v) is 6.95. The standard InChI is InChI=1S/C21H28N2O2/c1-15-12-23(13-16(2)25-15)21-10-5-4-9-20(21)22-17(3)19-8-6-7-18(11-19)14-24/h4-11,15-17,22,24H,12-14H2,1-3H3. The van der Waals surface area contributed by atoms with Crippen molar-refractivity contribution in [1.29, 1.82) is 0 Å². The summed E-state index contributed by atoms with van der Waals surface area (Å²) >= 11 is 0. The number of para-hydroxylation sites is 2. The molecule has 0 spiro atoms. The normalized spacial score (nSPS) is 21.8. The molecule has 1 aliphatic heterocycles. The highest BCUT2D eigenvalue weighted by atomic mass is 16.5. The molecule has 1 heterocycles. The summed E-state index contributed by atoms with van der Waals surface area (Å²) in [5.74, 6) is 0. The first-order chi connectivity index (χ1) is 12.1. The average Bonchev–Trinajstić information content (AvgIpc) is 2.61. The zero-order chi connectivity index (χ0) is 17.8. The smallest absolute Gasteiger partial charge is 0.0726 e. The molecule has 0 radical (unpaired) electrons. The van der Waals surface area contributed by atoms with Gasteiger partial charge >= 0.3 is 0 Å². The van der Waals surface area contributed by atoms with Crippen molar-refractivity contribution in [3.05, 3.63) is 59.7 Å². The van der Waals surface area contributed by atoms with Crippen LogP contribution in [0.1, 0.15) is 37.9 Å². The Bertz CT molecular complexity index is 694. The third kappa shape index (κ3) is 4.33. The molecule has 3 rings (SSSR count). The van der Waals surface area contributed by atoms with Crippen LogP contribution in [-0.2, 0) is 11.3 Å². The molecule has 0 aliphatic carbocycles. The maximum atomic E-state index is 9.36. The lowest BCUT2D eigenvalue weighted by Gasteiger charge is -2.38. The summed E-state index contributed by atoms with van der Waals surface area (Å²) in [6, 6.07) is 16.7. The number of aliphatic hydroxyl groups excluding tert-OH is 1. The van der Waals surface area contributed by atoms with E-state index in [1.165, 1.54) is 11.3 Å². The zero-order valence-electron chi connectivity index (χ0n) is 15.3. The monoisotopic (exact) mass is 340 g/mol. The molecule has 0 aromatic heterocycles. The number of rotatable bonds is 5. The number of nitrogens with one attached hydrogen (secondary N) is 1. The highest BCUT2D eigenvalue weighted by molar-refractivity contribution is 5.70. The van der Waals surface area contributed by atoms with Gasteiger partial charge in [-0.05, 0) is 44.0 Å². The second kappa shape index (κ2) is 7.89. The minimum absolute atomic E-state index is 0.0701. The Balaban J connectivity index is 1.80. The SMILES string of the molecule is CC1CN(c2ccccc2NC(C)c2cccc(CO)c2)CC(C)O1. The molecule has 0 amide bonds. The van der Waals surface area contributed by atoms with Crippen LogP contribution in [0.3, 0.4) is 0 Å². The summed E-state index contributed by atoms with van der Waals surface area (Å²) in [7, 11) is 0. The summed E-state index contributed by atoms with van der Waals surface area (Å²) in [6.07, 6.45) is 0.464. The van der Waals surface area contributed by atoms with Crippen LogP contribution in [0.2, 0.25) is 0 Å². The van der Waals surface area contributed by atoms with Gasteiger partial charge in [-0.15, -0.1) is 0 Å². The van der Waals surface area contributed by atoms with Crippen molar-refractivity contribution >= 4 is 11.4 Å². The number of benzene rings is 2. The van der Waals surface area contributed by atoms with Crippen LogP contribution in [0, 0.1) is 0 Å². The number of morpholine rings is 1. The maximum Gasteiger partial charge on any atom is 0.0726 e. The molecule has 25 heavy (non-hydrogen) atoms. The van der Waals surface area contributed by atoms with Gasteiger partial charge in [0.15, 0.2) is 0 Å². The van der Waals surface area contributed by atoms with Gasteiger partial charge in [-0.1, -0.05) is 36.4 Å². The fraction of sp³-hybridized carbons (Fsp3) is 0.429. The van der Waals surface area contributed by atoms with Crippen molar-refractivity contribution in [3.8, 4) is 0 Å². The van der Waals surface area contributed by atoms with Crippen molar-refractivity contribution in [2.75, 3.05) is 23.3 Å². The van der Waals surface area contributed by atoms with Crippen LogP contribution in [0.5, 0.6) is 0 Å². The van der Waals surface area contributed by atoms with E-state index in [4.69, 9.17) is 4.74 Å². The predicted octanol–water partition coefficient (Wildman–Crippen LogP) is 3.97. The van der Waals surface area contributed by atoms with Crippen LogP contribution in [0.25, 0.3) is 0 Å². The van der Waals surface area contributed by atoms with E-state index in [2.05, 4.69) is 67.4 Å². The highest BCUT2D eigenvalue weighted by Crippen LogP contribution is 2.31. The Kier molecular flexibility index (Phi) is 5.61. The van der Waals surface area contributed by atoms with Crippen molar-refractivity contribution < 1.29 is 9.84 Å². The molecule has 4 nitrogen and oxygen atoms in total. The number of nitrogens with zero attached hydrogens (tertiary/aromatic N) is 1. The molecule has 2 aromatic rings. The van der Waals surface area contributed by atoms with E-state index in [1.807, 2.05) is 12.1 Å². The van der Waals surface area contributed by atoms with Gasteiger partial charge in [0.1, 0.15) is 0 Å². The van der Waals surface area contributed by atoms with Crippen molar-refractivity contribution in [3.63, 3.8) is 0 Å². The van der Waals surface area contributed by atoms with E-state index in [1.54, 1.807) is 0 Å². The summed E-state index contributed by atoms with van der Waals surface area (Å²) in [4.78, 5) is 2.40. The molecule has 3 unspecified atom stereocenters. The molecule has 134 valence electrons. The van der Waals surface area contributed by atoms with Gasteiger partial charge in [0.25, 0.3) is 0 Å². The van der Waals surface area contributed by atoms with E-state index < -0.39 is 0 Å². The fourth-order valence-corrected chi connectivity index (χ4v) is 3.52. The number of anilines is 2. The largest absolute Gasteiger partial charge is 0.392 e. The van der Waals surface area contributed by atoms with Gasteiger partial charge in [0.05, 0.1) is 30.2 Å². The third-order valence-electron chi connectivity index (χ3n) is 4.67. The first-order valence-corrected chi connectivity index (χ1v) is 9.02. The van der Waals surface area contributed by atoms with Gasteiger partial charge in [-0.25, -0.2) is 0 Å². The Morgan fingerprint density at radius 2 is 1.84 bits per heavy atom. The molecule has 3 atom stereocenters. The second-order valence-electron chi connectivity index (χ2n) is 6.95. The Morgan fingerprint density at radius 1 is 1.12 bits per heavy atom. The summed E-state index contributed by atoms with van der Waals surface area (Å²) in [5.41, 5.74) is 4.46. The first-order valence-electron chi connectivity index (χ1n) is 9.02. The van der Waals surface area contributed by atoms with Crippen LogP contribution in [0.4, 0.5) is 11.4 Å². The Labute approximate surface area is 150 Å². The summed E-state index contributed by atoms with van der Waals surface area (Å²) in [6.45, 7) is 8.27. The third-order valence-corrected chi connectivity index (χ3v) is 4.67. The number of aliphatic hydroxyl groups is 1. The molecular weight excluding hydrogens is 312 g/mol. The van der Waals surface area contributed by atoms with E-state index in [0.29, 0.717) is 0 Å². The van der Waals surface area contributed by atoms with E-state index >= 15 is 0 Å². The van der Waals surface area contributed by atoms with Gasteiger partial charge in [-0.2, -0.15) is 0 Å². The molecule has 4 heteroatoms. The summed E-state index contributed by atoms with van der Waals surface area (Å²) < 4.78 is 5.87. The van der Waals surface area contributed by atoms with Crippen LogP contribution < -0.4 is 10.2 Å². The Morgan fingerprint density at radius 3 is 2.56 bits per heavy atom. The van der Waals surface area contributed by atoms with Crippen LogP contribution >= 0.6 is 0 Å². The summed E-state index contributed by atoms with van der Waals surface area (Å²) in [5, 5.41) is 13.0. The molecule has 0 bridgehead atoms. The molecule has 1 aliphatic rings. The quantitative estimate of drug-likeness (QED) is 0.864. The lowest BCUT2D eigenvalue weighted by molar-refractivity contribution is -0.00517. The lowest BCUT2D eigenvalue weighted by Crippen LogP contribution is -2.45.